The summed E-state index contributed by atoms with van der Waals surface area (Å²) in [7, 11) is -3.77. The van der Waals surface area contributed by atoms with Gasteiger partial charge in [0.15, 0.2) is 0 Å². The quantitative estimate of drug-likeness (QED) is 0.826. The molecule has 0 saturated carbocycles. The van der Waals surface area contributed by atoms with E-state index in [2.05, 4.69) is 18.7 Å². The van der Waals surface area contributed by atoms with Crippen LogP contribution in [0.4, 0.5) is 11.4 Å². The SMILES string of the molecule is CCC1CCC(C)N1c1ccc(N)cc1S(N)(=O)=O. The van der Waals surface area contributed by atoms with Gasteiger partial charge >= 0.3 is 0 Å². The molecule has 0 aliphatic carbocycles. The molecule has 5 nitrogen and oxygen atoms in total. The van der Waals surface area contributed by atoms with Gasteiger partial charge < -0.3 is 10.6 Å². The van der Waals surface area contributed by atoms with Gasteiger partial charge in [0, 0.05) is 17.8 Å². The number of hydrogen-bond donors (Lipinski definition) is 2. The first-order valence-electron chi connectivity index (χ1n) is 6.55. The summed E-state index contributed by atoms with van der Waals surface area (Å²) in [6.45, 7) is 4.22. The van der Waals surface area contributed by atoms with Gasteiger partial charge in [-0.15, -0.1) is 0 Å². The second-order valence-electron chi connectivity index (χ2n) is 5.17. The molecule has 2 unspecified atom stereocenters. The van der Waals surface area contributed by atoms with Crippen LogP contribution >= 0.6 is 0 Å². The molecule has 0 bridgehead atoms. The molecular formula is C13H21N3O2S. The van der Waals surface area contributed by atoms with Gasteiger partial charge in [-0.2, -0.15) is 0 Å². The second kappa shape index (κ2) is 5.02. The lowest BCUT2D eigenvalue weighted by Crippen LogP contribution is -2.35. The average Bonchev–Trinajstić information content (AvgIpc) is 2.69. The Morgan fingerprint density at radius 3 is 2.63 bits per heavy atom. The van der Waals surface area contributed by atoms with Crippen molar-refractivity contribution in [3.8, 4) is 0 Å². The maximum absolute atomic E-state index is 11.8. The molecule has 0 spiro atoms. The van der Waals surface area contributed by atoms with Gasteiger partial charge in [-0.3, -0.25) is 0 Å². The van der Waals surface area contributed by atoms with Gasteiger partial charge in [0.05, 0.1) is 5.69 Å². The summed E-state index contributed by atoms with van der Waals surface area (Å²) < 4.78 is 23.5. The number of nitrogen functional groups attached to an aromatic ring is 1. The molecule has 1 saturated heterocycles. The molecule has 0 radical (unpaired) electrons. The zero-order valence-electron chi connectivity index (χ0n) is 11.3. The van der Waals surface area contributed by atoms with Crippen LogP contribution in [0.25, 0.3) is 0 Å². The Balaban J connectivity index is 2.56. The van der Waals surface area contributed by atoms with Crippen LogP contribution in [0, 0.1) is 0 Å². The predicted molar refractivity (Wildman–Crippen MR) is 77.5 cm³/mol. The van der Waals surface area contributed by atoms with E-state index in [0.717, 1.165) is 19.3 Å². The Labute approximate surface area is 114 Å². The third kappa shape index (κ3) is 2.69. The van der Waals surface area contributed by atoms with Crippen molar-refractivity contribution in [3.63, 3.8) is 0 Å². The Bertz CT molecular complexity index is 571. The van der Waals surface area contributed by atoms with Gasteiger partial charge in [-0.05, 0) is 44.4 Å². The van der Waals surface area contributed by atoms with Crippen LogP contribution in [0.15, 0.2) is 23.1 Å². The van der Waals surface area contributed by atoms with E-state index in [1.54, 1.807) is 12.1 Å². The minimum atomic E-state index is -3.77. The fourth-order valence-electron chi connectivity index (χ4n) is 2.88. The molecular weight excluding hydrogens is 262 g/mol. The number of rotatable bonds is 3. The van der Waals surface area contributed by atoms with Crippen LogP contribution in [0.3, 0.4) is 0 Å². The Morgan fingerprint density at radius 2 is 2.05 bits per heavy atom. The smallest absolute Gasteiger partial charge is 0.240 e. The summed E-state index contributed by atoms with van der Waals surface area (Å²) in [6, 6.07) is 5.61. The van der Waals surface area contributed by atoms with Crippen LogP contribution in [-0.2, 0) is 10.0 Å². The predicted octanol–water partition coefficient (Wildman–Crippen LogP) is 1.68. The van der Waals surface area contributed by atoms with E-state index in [1.165, 1.54) is 6.07 Å². The Hall–Kier alpha value is -1.27. The van der Waals surface area contributed by atoms with Gasteiger partial charge in [-0.25, -0.2) is 13.6 Å². The maximum Gasteiger partial charge on any atom is 0.240 e. The molecule has 106 valence electrons. The van der Waals surface area contributed by atoms with Crippen LogP contribution < -0.4 is 15.8 Å². The molecule has 2 atom stereocenters. The average molecular weight is 283 g/mol. The third-order valence-corrected chi connectivity index (χ3v) is 4.77. The Kier molecular flexibility index (Phi) is 3.73. The lowest BCUT2D eigenvalue weighted by molar-refractivity contribution is 0.593. The summed E-state index contributed by atoms with van der Waals surface area (Å²) in [6.07, 6.45) is 3.12. The van der Waals surface area contributed by atoms with Gasteiger partial charge in [-0.1, -0.05) is 6.92 Å². The number of anilines is 2. The standard InChI is InChI=1S/C13H21N3O2S/c1-3-11-6-4-9(2)16(11)12-7-5-10(14)8-13(12)19(15,17)18/h5,7-9,11H,3-4,6,14H2,1-2H3,(H2,15,17,18). The van der Waals surface area contributed by atoms with Crippen LogP contribution in [-0.4, -0.2) is 20.5 Å². The second-order valence-corrected chi connectivity index (χ2v) is 6.70. The topological polar surface area (TPSA) is 89.4 Å². The van der Waals surface area contributed by atoms with Crippen molar-refractivity contribution in [3.05, 3.63) is 18.2 Å². The van der Waals surface area contributed by atoms with Gasteiger partial charge in [0.25, 0.3) is 0 Å². The van der Waals surface area contributed by atoms with E-state index in [4.69, 9.17) is 10.9 Å². The van der Waals surface area contributed by atoms with Crippen LogP contribution in [0.2, 0.25) is 0 Å². The highest BCUT2D eigenvalue weighted by Gasteiger charge is 2.32. The van der Waals surface area contributed by atoms with Gasteiger partial charge in [0.2, 0.25) is 10.0 Å². The highest BCUT2D eigenvalue weighted by Crippen LogP contribution is 2.36. The van der Waals surface area contributed by atoms with Crippen LogP contribution in [0.5, 0.6) is 0 Å². The minimum Gasteiger partial charge on any atom is -0.399 e. The molecule has 1 aliphatic rings. The molecule has 0 amide bonds. The van der Waals surface area contributed by atoms with Crippen molar-refractivity contribution in [2.45, 2.75) is 50.1 Å². The summed E-state index contributed by atoms with van der Waals surface area (Å²) in [5.74, 6) is 0. The van der Waals surface area contributed by atoms with E-state index in [-0.39, 0.29) is 4.90 Å². The summed E-state index contributed by atoms with van der Waals surface area (Å²) in [5.41, 5.74) is 6.77. The highest BCUT2D eigenvalue weighted by molar-refractivity contribution is 7.89. The Morgan fingerprint density at radius 1 is 1.37 bits per heavy atom. The highest BCUT2D eigenvalue weighted by atomic mass is 32.2. The zero-order valence-corrected chi connectivity index (χ0v) is 12.2. The first-order chi connectivity index (χ1) is 8.84. The van der Waals surface area contributed by atoms with Crippen LogP contribution in [0.1, 0.15) is 33.1 Å². The normalized spacial score (nSPS) is 23.8. The van der Waals surface area contributed by atoms with Crippen molar-refractivity contribution in [2.24, 2.45) is 5.14 Å². The van der Waals surface area contributed by atoms with E-state index < -0.39 is 10.0 Å². The molecule has 2 rings (SSSR count). The molecule has 6 heteroatoms. The van der Waals surface area contributed by atoms with E-state index in [1.807, 2.05) is 0 Å². The molecule has 1 aromatic carbocycles. The van der Waals surface area contributed by atoms with Crippen molar-refractivity contribution in [1.29, 1.82) is 0 Å². The fourth-order valence-corrected chi connectivity index (χ4v) is 3.64. The molecule has 1 aromatic rings. The number of hydrogen-bond acceptors (Lipinski definition) is 4. The van der Waals surface area contributed by atoms with Crippen molar-refractivity contribution in [2.75, 3.05) is 10.6 Å². The van der Waals surface area contributed by atoms with E-state index in [0.29, 0.717) is 23.5 Å². The molecule has 1 aliphatic heterocycles. The number of sulfonamides is 1. The van der Waals surface area contributed by atoms with Crippen molar-refractivity contribution >= 4 is 21.4 Å². The number of nitrogens with two attached hydrogens (primary N) is 2. The van der Waals surface area contributed by atoms with E-state index >= 15 is 0 Å². The third-order valence-electron chi connectivity index (χ3n) is 3.83. The maximum atomic E-state index is 11.8. The van der Waals surface area contributed by atoms with Crippen molar-refractivity contribution < 1.29 is 8.42 Å². The molecule has 4 N–H and O–H groups in total. The molecule has 19 heavy (non-hydrogen) atoms. The lowest BCUT2D eigenvalue weighted by atomic mass is 10.1. The minimum absolute atomic E-state index is 0.125. The monoisotopic (exact) mass is 283 g/mol. The number of nitrogens with zero attached hydrogens (tertiary/aromatic N) is 1. The first kappa shape index (κ1) is 14.1. The zero-order chi connectivity index (χ0) is 14.2. The number of primary sulfonamides is 1. The lowest BCUT2D eigenvalue weighted by Gasteiger charge is -2.31. The molecule has 1 heterocycles. The first-order valence-corrected chi connectivity index (χ1v) is 8.10. The molecule has 1 fully saturated rings. The van der Waals surface area contributed by atoms with E-state index in [9.17, 15) is 8.42 Å². The summed E-state index contributed by atoms with van der Waals surface area (Å²) in [4.78, 5) is 2.29. The largest absolute Gasteiger partial charge is 0.399 e. The summed E-state index contributed by atoms with van der Waals surface area (Å²) >= 11 is 0. The van der Waals surface area contributed by atoms with Crippen molar-refractivity contribution in [1.82, 2.24) is 0 Å². The fraction of sp³-hybridized carbons (Fsp3) is 0.538. The summed E-state index contributed by atoms with van der Waals surface area (Å²) in [5, 5.41) is 5.32. The van der Waals surface area contributed by atoms with Gasteiger partial charge in [0.1, 0.15) is 4.90 Å². The molecule has 0 aromatic heterocycles. The number of benzene rings is 1.